The Hall–Kier alpha value is -8.80. The van der Waals surface area contributed by atoms with Gasteiger partial charge in [0.25, 0.3) is 0 Å². The zero-order valence-corrected chi connectivity index (χ0v) is 37.1. The summed E-state index contributed by atoms with van der Waals surface area (Å²) >= 11 is 0. The highest BCUT2D eigenvalue weighted by molar-refractivity contribution is 6.24. The molecule has 0 spiro atoms. The quantitative estimate of drug-likeness (QED) is 0.178. The Labute approximate surface area is 388 Å². The molecule has 0 saturated heterocycles. The van der Waals surface area contributed by atoms with Crippen molar-refractivity contribution in [3.05, 3.63) is 205 Å². The van der Waals surface area contributed by atoms with E-state index in [1.165, 1.54) is 38.4 Å². The van der Waals surface area contributed by atoms with E-state index in [0.717, 1.165) is 116 Å². The van der Waals surface area contributed by atoms with E-state index >= 15 is 0 Å². The molecule has 5 nitrogen and oxygen atoms in total. The molecule has 0 fully saturated rings. The molecule has 0 N–H and O–H groups in total. The minimum Gasteiger partial charge on any atom is -0.456 e. The number of furan rings is 3. The Bertz CT molecular complexity index is 4720. The summed E-state index contributed by atoms with van der Waals surface area (Å²) in [5, 5.41) is 11.3. The van der Waals surface area contributed by atoms with Crippen LogP contribution in [0.4, 0.5) is 0 Å². The summed E-state index contributed by atoms with van der Waals surface area (Å²) in [6, 6.07) is 70.4. The second-order valence-electron chi connectivity index (χ2n) is 19.2. The van der Waals surface area contributed by atoms with Crippen LogP contribution in [0.25, 0.3) is 143 Å². The number of nitrogens with zero attached hydrogens (tertiary/aromatic N) is 2. The minimum atomic E-state index is -0.0526. The molecule has 0 amide bonds. The van der Waals surface area contributed by atoms with Crippen LogP contribution in [0.15, 0.2) is 207 Å². The lowest BCUT2D eigenvalue weighted by molar-refractivity contribution is 0.660. The molecule has 10 aromatic carbocycles. The van der Waals surface area contributed by atoms with Gasteiger partial charge in [-0.3, -0.25) is 0 Å². The van der Waals surface area contributed by atoms with Crippen molar-refractivity contribution >= 4 is 109 Å². The Balaban J connectivity index is 0.889. The maximum atomic E-state index is 6.93. The average Bonchev–Trinajstić information content (AvgIpc) is 4.21. The molecule has 16 rings (SSSR count). The van der Waals surface area contributed by atoms with Crippen LogP contribution in [0.2, 0.25) is 0 Å². The summed E-state index contributed by atoms with van der Waals surface area (Å²) in [5.74, 6) is 0. The van der Waals surface area contributed by atoms with Crippen LogP contribution in [-0.4, -0.2) is 9.13 Å². The summed E-state index contributed by atoms with van der Waals surface area (Å²) in [7, 11) is 0. The van der Waals surface area contributed by atoms with Crippen molar-refractivity contribution in [1.82, 2.24) is 9.13 Å². The number of aromatic nitrogens is 2. The average molecular weight is 871 g/mol. The van der Waals surface area contributed by atoms with Gasteiger partial charge in [-0.1, -0.05) is 117 Å². The molecule has 5 aromatic heterocycles. The van der Waals surface area contributed by atoms with Crippen molar-refractivity contribution < 1.29 is 13.3 Å². The molecule has 0 saturated carbocycles. The zero-order valence-electron chi connectivity index (χ0n) is 37.1. The highest BCUT2D eigenvalue weighted by Crippen LogP contribution is 2.50. The third-order valence-electron chi connectivity index (χ3n) is 15.3. The van der Waals surface area contributed by atoms with Crippen LogP contribution in [0.1, 0.15) is 25.0 Å². The molecule has 15 aromatic rings. The lowest BCUT2D eigenvalue weighted by atomic mass is 9.82. The third kappa shape index (κ3) is 4.69. The van der Waals surface area contributed by atoms with Gasteiger partial charge in [0.15, 0.2) is 0 Å². The first-order chi connectivity index (χ1) is 33.4. The van der Waals surface area contributed by atoms with Crippen molar-refractivity contribution in [3.63, 3.8) is 0 Å². The predicted molar refractivity (Wildman–Crippen MR) is 280 cm³/mol. The van der Waals surface area contributed by atoms with Crippen molar-refractivity contribution in [1.29, 1.82) is 0 Å². The van der Waals surface area contributed by atoms with Crippen LogP contribution < -0.4 is 0 Å². The first kappa shape index (κ1) is 36.4. The highest BCUT2D eigenvalue weighted by Gasteiger charge is 2.35. The van der Waals surface area contributed by atoms with Crippen molar-refractivity contribution in [2.45, 2.75) is 19.3 Å². The second-order valence-corrected chi connectivity index (χ2v) is 19.2. The number of para-hydroxylation sites is 3. The van der Waals surface area contributed by atoms with Gasteiger partial charge in [-0.2, -0.15) is 0 Å². The maximum Gasteiger partial charge on any atom is 0.145 e. The summed E-state index contributed by atoms with van der Waals surface area (Å²) in [6.07, 6.45) is 0. The van der Waals surface area contributed by atoms with E-state index in [4.69, 9.17) is 13.3 Å². The van der Waals surface area contributed by atoms with Gasteiger partial charge in [-0.05, 0) is 118 Å². The normalized spacial score (nSPS) is 13.6. The lowest BCUT2D eigenvalue weighted by Crippen LogP contribution is -2.14. The summed E-state index contributed by atoms with van der Waals surface area (Å²) < 4.78 is 24.5. The van der Waals surface area contributed by atoms with Gasteiger partial charge in [-0.25, -0.2) is 0 Å². The van der Waals surface area contributed by atoms with Gasteiger partial charge in [0, 0.05) is 71.3 Å². The van der Waals surface area contributed by atoms with E-state index in [-0.39, 0.29) is 5.41 Å². The largest absolute Gasteiger partial charge is 0.456 e. The monoisotopic (exact) mass is 870 g/mol. The molecule has 68 heavy (non-hydrogen) atoms. The Morgan fingerprint density at radius 1 is 0.324 bits per heavy atom. The summed E-state index contributed by atoms with van der Waals surface area (Å²) in [4.78, 5) is 0. The highest BCUT2D eigenvalue weighted by atomic mass is 16.3. The summed E-state index contributed by atoms with van der Waals surface area (Å²) in [6.45, 7) is 4.67. The fourth-order valence-corrected chi connectivity index (χ4v) is 12.1. The Morgan fingerprint density at radius 2 is 0.912 bits per heavy atom. The van der Waals surface area contributed by atoms with Gasteiger partial charge in [0.1, 0.15) is 33.5 Å². The Kier molecular flexibility index (Phi) is 6.83. The van der Waals surface area contributed by atoms with Crippen LogP contribution in [0.3, 0.4) is 0 Å². The second kappa shape index (κ2) is 12.8. The van der Waals surface area contributed by atoms with E-state index in [1.807, 2.05) is 24.3 Å². The van der Waals surface area contributed by atoms with Crippen molar-refractivity contribution in [3.8, 4) is 33.6 Å². The molecule has 318 valence electrons. The lowest BCUT2D eigenvalue weighted by Gasteiger charge is -2.21. The van der Waals surface area contributed by atoms with Crippen LogP contribution in [0, 0.1) is 0 Å². The topological polar surface area (TPSA) is 49.3 Å². The van der Waals surface area contributed by atoms with Gasteiger partial charge in [-0.15, -0.1) is 0 Å². The molecule has 0 radical (unpaired) electrons. The van der Waals surface area contributed by atoms with E-state index in [0.29, 0.717) is 0 Å². The standard InChI is InChI=1S/C63H38N2O3/c1-63(2)50-15-7-3-11-39(50)45-31-37(21-25-51(45)63)64-52-16-8-4-14-44(52)61-53(64)26-24-43-47-29-35(20-27-59(47)68-62(43)61)36-19-23-40-46-33-49-42-13-6-10-18-57(42)67-60(49)34-55(46)65(54(40)30-36)38-22-28-58-48(32-38)41-12-5-9-17-56(41)66-58/h3-34H,1-2H3. The van der Waals surface area contributed by atoms with E-state index in [9.17, 15) is 0 Å². The summed E-state index contributed by atoms with van der Waals surface area (Å²) in [5.41, 5.74) is 19.6. The first-order valence-electron chi connectivity index (χ1n) is 23.4. The van der Waals surface area contributed by atoms with Crippen molar-refractivity contribution in [2.75, 3.05) is 0 Å². The van der Waals surface area contributed by atoms with Gasteiger partial charge in [0.05, 0.1) is 27.5 Å². The molecule has 0 atom stereocenters. The van der Waals surface area contributed by atoms with Gasteiger partial charge in [0.2, 0.25) is 0 Å². The zero-order chi connectivity index (χ0) is 44.6. The van der Waals surface area contributed by atoms with Crippen LogP contribution in [-0.2, 0) is 5.41 Å². The molecular formula is C63H38N2O3. The fraction of sp³-hybridized carbons (Fsp3) is 0.0476. The van der Waals surface area contributed by atoms with E-state index in [1.54, 1.807) is 0 Å². The third-order valence-corrected chi connectivity index (χ3v) is 15.3. The number of fused-ring (bicyclic) bond motifs is 19. The molecule has 0 unspecified atom stereocenters. The van der Waals surface area contributed by atoms with Crippen LogP contribution in [0.5, 0.6) is 0 Å². The maximum absolute atomic E-state index is 6.93. The predicted octanol–water partition coefficient (Wildman–Crippen LogP) is 17.6. The van der Waals surface area contributed by atoms with Gasteiger partial charge < -0.3 is 22.4 Å². The van der Waals surface area contributed by atoms with E-state index < -0.39 is 0 Å². The number of hydrogen-bond acceptors (Lipinski definition) is 3. The molecule has 1 aliphatic rings. The smallest absolute Gasteiger partial charge is 0.145 e. The first-order valence-corrected chi connectivity index (χ1v) is 23.4. The van der Waals surface area contributed by atoms with Crippen molar-refractivity contribution in [2.24, 2.45) is 0 Å². The molecule has 5 heterocycles. The molecule has 0 aliphatic heterocycles. The minimum absolute atomic E-state index is 0.0526. The molecular weight excluding hydrogens is 833 g/mol. The molecule has 0 bridgehead atoms. The molecule has 5 heteroatoms. The van der Waals surface area contributed by atoms with E-state index in [2.05, 4.69) is 193 Å². The Morgan fingerprint density at radius 3 is 1.78 bits per heavy atom. The van der Waals surface area contributed by atoms with Gasteiger partial charge >= 0.3 is 0 Å². The SMILES string of the molecule is CC1(C)c2ccccc2-c2cc(-n3c4ccccc4c4c5oc6ccc(-c7ccc8c9cc%10c(cc9n(-c9ccc%11oc%12ccccc%12c%11c9)c8c7)oc7ccccc7%10)cc6c5ccc43)ccc21. The fourth-order valence-electron chi connectivity index (χ4n) is 12.1. The molecule has 1 aliphatic carbocycles. The number of rotatable bonds is 3. The van der Waals surface area contributed by atoms with Crippen LogP contribution >= 0.6 is 0 Å². The number of benzene rings is 10. The number of hydrogen-bond donors (Lipinski definition) is 0.